The van der Waals surface area contributed by atoms with E-state index >= 15 is 0 Å². The minimum Gasteiger partial charge on any atom is -0.323 e. The molecule has 196 valence electrons. The summed E-state index contributed by atoms with van der Waals surface area (Å²) in [7, 11) is 0. The van der Waals surface area contributed by atoms with Crippen molar-refractivity contribution in [2.24, 2.45) is 0 Å². The lowest BCUT2D eigenvalue weighted by Crippen LogP contribution is -2.43. The van der Waals surface area contributed by atoms with Crippen molar-refractivity contribution in [2.75, 3.05) is 22.1 Å². The van der Waals surface area contributed by atoms with Crippen LogP contribution >= 0.6 is 0 Å². The molecule has 0 spiro atoms. The molecule has 3 aromatic carbocycles. The topological polar surface area (TPSA) is 91.4 Å². The molecule has 2 heterocycles. The summed E-state index contributed by atoms with van der Waals surface area (Å²) in [6, 6.07) is 21.2. The summed E-state index contributed by atoms with van der Waals surface area (Å²) in [4.78, 5) is 44.0. The smallest absolute Gasteiger partial charge is 0.323 e. The minimum absolute atomic E-state index is 0.0206. The van der Waals surface area contributed by atoms with Crippen LogP contribution in [0.4, 0.5) is 30.2 Å². The number of hydrogen-bond donors (Lipinski definition) is 2. The van der Waals surface area contributed by atoms with Crippen molar-refractivity contribution in [3.63, 3.8) is 0 Å². The number of pyridine rings is 1. The Labute approximate surface area is 221 Å². The molecule has 4 aromatic rings. The molecule has 0 bridgehead atoms. The van der Waals surface area contributed by atoms with Crippen LogP contribution in [0.25, 0.3) is 11.1 Å². The third-order valence-corrected chi connectivity index (χ3v) is 6.18. The number of amides is 3. The first kappa shape index (κ1) is 25.7. The highest BCUT2D eigenvalue weighted by Gasteiger charge is 2.30. The molecule has 10 heteroatoms. The van der Waals surface area contributed by atoms with Crippen molar-refractivity contribution >= 4 is 34.8 Å². The van der Waals surface area contributed by atoms with Gasteiger partial charge in [0.25, 0.3) is 5.91 Å². The zero-order valence-corrected chi connectivity index (χ0v) is 20.3. The molecule has 1 aliphatic rings. The molecule has 3 amide bonds. The molecular weight excluding hydrogens is 509 g/mol. The van der Waals surface area contributed by atoms with Gasteiger partial charge in [-0.05, 0) is 59.7 Å². The lowest BCUT2D eigenvalue weighted by Gasteiger charge is -2.29. The van der Waals surface area contributed by atoms with Crippen LogP contribution in [-0.2, 0) is 22.2 Å². The largest absolute Gasteiger partial charge is 0.416 e. The first-order valence-corrected chi connectivity index (χ1v) is 11.9. The van der Waals surface area contributed by atoms with Gasteiger partial charge in [0.15, 0.2) is 0 Å². The van der Waals surface area contributed by atoms with Gasteiger partial charge in [0.2, 0.25) is 11.8 Å². The van der Waals surface area contributed by atoms with Crippen LogP contribution in [0, 0.1) is 0 Å². The molecule has 0 aliphatic carbocycles. The molecule has 39 heavy (non-hydrogen) atoms. The number of anilines is 3. The zero-order chi connectivity index (χ0) is 27.6. The average Bonchev–Trinajstić information content (AvgIpc) is 2.92. The number of benzene rings is 3. The van der Waals surface area contributed by atoms with Crippen LogP contribution in [0.1, 0.15) is 21.6 Å². The Balaban J connectivity index is 1.37. The molecule has 0 atom stereocenters. The van der Waals surface area contributed by atoms with E-state index in [1.54, 1.807) is 66.9 Å². The molecule has 0 unspecified atom stereocenters. The van der Waals surface area contributed by atoms with Crippen molar-refractivity contribution in [2.45, 2.75) is 12.6 Å². The first-order valence-electron chi connectivity index (χ1n) is 11.9. The number of fused-ring (bicyclic) bond motifs is 1. The van der Waals surface area contributed by atoms with E-state index in [4.69, 9.17) is 0 Å². The number of hydrogen-bond acceptors (Lipinski definition) is 4. The maximum absolute atomic E-state index is 13.2. The fourth-order valence-electron chi connectivity index (χ4n) is 4.31. The lowest BCUT2D eigenvalue weighted by atomic mass is 9.98. The van der Waals surface area contributed by atoms with Gasteiger partial charge in [-0.3, -0.25) is 19.4 Å². The highest BCUT2D eigenvalue weighted by molar-refractivity contribution is 6.12. The number of carbonyl (C=O) groups is 3. The minimum atomic E-state index is -4.46. The molecule has 5 rings (SSSR count). The van der Waals surface area contributed by atoms with Crippen LogP contribution in [-0.4, -0.2) is 29.3 Å². The van der Waals surface area contributed by atoms with E-state index in [1.807, 2.05) is 0 Å². The maximum Gasteiger partial charge on any atom is 0.416 e. The second-order valence-corrected chi connectivity index (χ2v) is 8.83. The summed E-state index contributed by atoms with van der Waals surface area (Å²) in [5, 5.41) is 5.49. The second-order valence-electron chi connectivity index (χ2n) is 8.83. The van der Waals surface area contributed by atoms with Crippen molar-refractivity contribution < 1.29 is 27.6 Å². The quantitative estimate of drug-likeness (QED) is 0.354. The van der Waals surface area contributed by atoms with Crippen LogP contribution in [0.2, 0.25) is 0 Å². The van der Waals surface area contributed by atoms with Crippen molar-refractivity contribution in [1.82, 2.24) is 4.98 Å². The number of halogens is 3. The standard InChI is InChI=1S/C29H21F3N4O3/c30-29(31,32)19-10-8-18(9-11-19)22-6-1-2-7-23(22)28(39)34-21-12-13-25-24(15-21)35-26(37)17-36(25)27(38)16-20-5-3-4-14-33-20/h1-15H,16-17H2,(H,34,39)(H,35,37). The highest BCUT2D eigenvalue weighted by Crippen LogP contribution is 2.34. The third-order valence-electron chi connectivity index (χ3n) is 6.18. The highest BCUT2D eigenvalue weighted by atomic mass is 19.4. The number of alkyl halides is 3. The van der Waals surface area contributed by atoms with Gasteiger partial charge < -0.3 is 15.5 Å². The summed E-state index contributed by atoms with van der Waals surface area (Å²) in [5.74, 6) is -1.17. The van der Waals surface area contributed by atoms with Gasteiger partial charge in [0, 0.05) is 23.1 Å². The van der Waals surface area contributed by atoms with Crippen molar-refractivity contribution in [1.29, 1.82) is 0 Å². The molecular formula is C29H21F3N4O3. The molecule has 0 saturated carbocycles. The van der Waals surface area contributed by atoms with E-state index < -0.39 is 17.6 Å². The maximum atomic E-state index is 13.2. The van der Waals surface area contributed by atoms with Crippen LogP contribution < -0.4 is 15.5 Å². The Kier molecular flexibility index (Phi) is 6.84. The van der Waals surface area contributed by atoms with Gasteiger partial charge in [0.05, 0.1) is 23.4 Å². The molecule has 0 saturated heterocycles. The predicted octanol–water partition coefficient (Wildman–Crippen LogP) is 5.55. The summed E-state index contributed by atoms with van der Waals surface area (Å²) in [5.41, 5.74) is 2.16. The van der Waals surface area contributed by atoms with E-state index in [1.165, 1.54) is 17.0 Å². The number of nitrogens with one attached hydrogen (secondary N) is 2. The Hall–Kier alpha value is -4.99. The van der Waals surface area contributed by atoms with E-state index in [0.29, 0.717) is 33.9 Å². The summed E-state index contributed by atoms with van der Waals surface area (Å²) < 4.78 is 38.9. The Morgan fingerprint density at radius 2 is 1.69 bits per heavy atom. The lowest BCUT2D eigenvalue weighted by molar-refractivity contribution is -0.137. The number of rotatable bonds is 5. The van der Waals surface area contributed by atoms with Gasteiger partial charge in [-0.2, -0.15) is 13.2 Å². The molecule has 7 nitrogen and oxygen atoms in total. The zero-order valence-electron chi connectivity index (χ0n) is 20.3. The third kappa shape index (κ3) is 5.64. The molecule has 1 aromatic heterocycles. The monoisotopic (exact) mass is 530 g/mol. The normalized spacial score (nSPS) is 12.9. The first-order chi connectivity index (χ1) is 18.7. The summed E-state index contributed by atoms with van der Waals surface area (Å²) >= 11 is 0. The number of aromatic nitrogens is 1. The molecule has 0 radical (unpaired) electrons. The number of nitrogens with zero attached hydrogens (tertiary/aromatic N) is 2. The van der Waals surface area contributed by atoms with Gasteiger partial charge in [-0.25, -0.2) is 0 Å². The predicted molar refractivity (Wildman–Crippen MR) is 140 cm³/mol. The fraction of sp³-hybridized carbons (Fsp3) is 0.103. The van der Waals surface area contributed by atoms with E-state index in [9.17, 15) is 27.6 Å². The van der Waals surface area contributed by atoms with E-state index in [2.05, 4.69) is 15.6 Å². The van der Waals surface area contributed by atoms with Gasteiger partial charge in [0.1, 0.15) is 6.54 Å². The second kappa shape index (κ2) is 10.4. The Morgan fingerprint density at radius 1 is 0.949 bits per heavy atom. The molecule has 0 fully saturated rings. The van der Waals surface area contributed by atoms with Gasteiger partial charge >= 0.3 is 6.18 Å². The fourth-order valence-corrected chi connectivity index (χ4v) is 4.31. The Bertz CT molecular complexity index is 1550. The van der Waals surface area contributed by atoms with Crippen LogP contribution in [0.15, 0.2) is 91.1 Å². The summed E-state index contributed by atoms with van der Waals surface area (Å²) in [6.07, 6.45) is -2.85. The Morgan fingerprint density at radius 3 is 2.41 bits per heavy atom. The SMILES string of the molecule is O=C1CN(C(=O)Cc2ccccn2)c2ccc(NC(=O)c3ccccc3-c3ccc(C(F)(F)F)cc3)cc2N1. The van der Waals surface area contributed by atoms with Gasteiger partial charge in [-0.15, -0.1) is 0 Å². The van der Waals surface area contributed by atoms with E-state index in [0.717, 1.165) is 12.1 Å². The van der Waals surface area contributed by atoms with Crippen molar-refractivity contribution in [3.8, 4) is 11.1 Å². The molecule has 2 N–H and O–H groups in total. The van der Waals surface area contributed by atoms with Crippen LogP contribution in [0.3, 0.4) is 0 Å². The molecule has 1 aliphatic heterocycles. The number of carbonyl (C=O) groups excluding carboxylic acids is 3. The van der Waals surface area contributed by atoms with E-state index in [-0.39, 0.29) is 30.3 Å². The van der Waals surface area contributed by atoms with Gasteiger partial charge in [-0.1, -0.05) is 36.4 Å². The average molecular weight is 531 g/mol. The summed E-state index contributed by atoms with van der Waals surface area (Å²) in [6.45, 7) is -0.148. The van der Waals surface area contributed by atoms with Crippen LogP contribution in [0.5, 0.6) is 0 Å². The van der Waals surface area contributed by atoms with Crippen molar-refractivity contribution in [3.05, 3.63) is 108 Å².